The number of carbonyl (C=O) groups is 2. The maximum atomic E-state index is 13.2. The van der Waals surface area contributed by atoms with Gasteiger partial charge in [-0.2, -0.15) is 5.10 Å². The summed E-state index contributed by atoms with van der Waals surface area (Å²) in [6, 6.07) is 6.94. The largest absolute Gasteiger partial charge is 0.378 e. The fourth-order valence-corrected chi connectivity index (χ4v) is 5.16. The lowest BCUT2D eigenvalue weighted by molar-refractivity contribution is -0.111. The first-order valence-electron chi connectivity index (χ1n) is 13.5. The van der Waals surface area contributed by atoms with E-state index in [-0.39, 0.29) is 23.8 Å². The summed E-state index contributed by atoms with van der Waals surface area (Å²) in [5.41, 5.74) is 8.28. The summed E-state index contributed by atoms with van der Waals surface area (Å²) >= 11 is 0. The molecule has 0 radical (unpaired) electrons. The van der Waals surface area contributed by atoms with E-state index in [1.54, 1.807) is 36.7 Å². The van der Waals surface area contributed by atoms with Gasteiger partial charge in [0.15, 0.2) is 11.5 Å². The zero-order chi connectivity index (χ0) is 28.3. The lowest BCUT2D eigenvalue weighted by atomic mass is 10.0. The Bertz CT molecular complexity index is 1570. The monoisotopic (exact) mass is 554 g/mol. The first kappa shape index (κ1) is 26.3. The summed E-state index contributed by atoms with van der Waals surface area (Å²) in [6.07, 6.45) is 7.73. The Kier molecular flexibility index (Phi) is 7.25. The molecule has 0 bridgehead atoms. The van der Waals surface area contributed by atoms with Crippen LogP contribution in [-0.4, -0.2) is 85.8 Å². The number of hydrogen-bond donors (Lipinski definition) is 2. The van der Waals surface area contributed by atoms with Crippen LogP contribution in [0.15, 0.2) is 55.5 Å². The second kappa shape index (κ2) is 11.3. The number of carbonyl (C=O) groups excluding carboxylic acids is 2. The zero-order valence-corrected chi connectivity index (χ0v) is 22.4. The van der Waals surface area contributed by atoms with Crippen LogP contribution in [0.2, 0.25) is 0 Å². The molecule has 2 aliphatic heterocycles. The van der Waals surface area contributed by atoms with Crippen LogP contribution in [-0.2, 0) is 9.53 Å². The normalized spacial score (nSPS) is 16.1. The number of piperidine rings is 1. The van der Waals surface area contributed by atoms with Crippen molar-refractivity contribution in [1.82, 2.24) is 34.6 Å². The van der Waals surface area contributed by atoms with Crippen LogP contribution in [0.25, 0.3) is 22.4 Å². The SMILES string of the molecule is C=CC(=O)Nc1ccc(C(=O)N2CCC(n3ncc4c(N5CCOCC5)nc(-c5cnc(N)nc5)nc43)CC2)cc1. The second-order valence-corrected chi connectivity index (χ2v) is 9.92. The molecule has 1 aromatic carbocycles. The van der Waals surface area contributed by atoms with Crippen LogP contribution in [0.3, 0.4) is 0 Å². The second-order valence-electron chi connectivity index (χ2n) is 9.92. The fraction of sp³-hybridized carbons (Fsp3) is 0.321. The van der Waals surface area contributed by atoms with Crippen molar-refractivity contribution in [2.24, 2.45) is 0 Å². The molecule has 13 nitrogen and oxygen atoms in total. The predicted octanol–water partition coefficient (Wildman–Crippen LogP) is 2.30. The highest BCUT2D eigenvalue weighted by Crippen LogP contribution is 2.32. The Morgan fingerprint density at radius 2 is 1.71 bits per heavy atom. The number of ether oxygens (including phenoxy) is 1. The van der Waals surface area contributed by atoms with E-state index in [0.717, 1.165) is 42.8 Å². The van der Waals surface area contributed by atoms with Crippen LogP contribution in [0.1, 0.15) is 29.2 Å². The molecule has 3 aromatic heterocycles. The maximum absolute atomic E-state index is 13.2. The van der Waals surface area contributed by atoms with Crippen molar-refractivity contribution in [2.75, 3.05) is 55.3 Å². The van der Waals surface area contributed by atoms with E-state index >= 15 is 0 Å². The maximum Gasteiger partial charge on any atom is 0.253 e. The first-order valence-corrected chi connectivity index (χ1v) is 13.5. The summed E-state index contributed by atoms with van der Waals surface area (Å²) in [5, 5.41) is 8.31. The molecule has 41 heavy (non-hydrogen) atoms. The van der Waals surface area contributed by atoms with E-state index in [2.05, 4.69) is 26.8 Å². The minimum absolute atomic E-state index is 0.0436. The Morgan fingerprint density at radius 1 is 1.00 bits per heavy atom. The van der Waals surface area contributed by atoms with Crippen molar-refractivity contribution >= 4 is 40.3 Å². The number of nitrogens with zero attached hydrogens (tertiary/aromatic N) is 8. The molecule has 0 aliphatic carbocycles. The van der Waals surface area contributed by atoms with Gasteiger partial charge in [-0.25, -0.2) is 24.6 Å². The van der Waals surface area contributed by atoms with Gasteiger partial charge in [0.05, 0.1) is 36.4 Å². The van der Waals surface area contributed by atoms with Crippen molar-refractivity contribution in [3.63, 3.8) is 0 Å². The Hall–Kier alpha value is -4.91. The molecule has 2 fully saturated rings. The number of hydrogen-bond acceptors (Lipinski definition) is 10. The third kappa shape index (κ3) is 5.43. The third-order valence-electron chi connectivity index (χ3n) is 7.36. The molecule has 13 heteroatoms. The number of anilines is 3. The number of nitrogen functional groups attached to an aromatic ring is 1. The summed E-state index contributed by atoms with van der Waals surface area (Å²) in [7, 11) is 0. The number of nitrogens with one attached hydrogen (secondary N) is 1. The van der Waals surface area contributed by atoms with E-state index in [9.17, 15) is 9.59 Å². The molecular formula is C28H30N10O3. The zero-order valence-electron chi connectivity index (χ0n) is 22.4. The highest BCUT2D eigenvalue weighted by atomic mass is 16.5. The lowest BCUT2D eigenvalue weighted by Gasteiger charge is -2.32. The molecule has 3 N–H and O–H groups in total. The van der Waals surface area contributed by atoms with Gasteiger partial charge >= 0.3 is 0 Å². The van der Waals surface area contributed by atoms with Gasteiger partial charge in [-0.15, -0.1) is 0 Å². The Labute approximate surface area is 236 Å². The Morgan fingerprint density at radius 3 is 2.39 bits per heavy atom. The third-order valence-corrected chi connectivity index (χ3v) is 7.36. The van der Waals surface area contributed by atoms with Crippen LogP contribution >= 0.6 is 0 Å². The van der Waals surface area contributed by atoms with Crippen molar-refractivity contribution in [1.29, 1.82) is 0 Å². The molecule has 0 saturated carbocycles. The molecule has 6 rings (SSSR count). The molecule has 0 spiro atoms. The van der Waals surface area contributed by atoms with E-state index in [0.29, 0.717) is 48.9 Å². The van der Waals surface area contributed by atoms with Crippen LogP contribution in [0.5, 0.6) is 0 Å². The summed E-state index contributed by atoms with van der Waals surface area (Å²) in [5.74, 6) is 1.15. The number of likely N-dealkylation sites (tertiary alicyclic amines) is 1. The van der Waals surface area contributed by atoms with Gasteiger partial charge in [0, 0.05) is 49.8 Å². The standard InChI is InChI=1S/C28H30N10O3/c1-2-23(39)33-20-5-3-18(4-6-20)27(40)37-9-7-21(8-10-37)38-26-22(17-32-38)25(36-11-13-41-14-12-36)34-24(35-26)19-15-30-28(29)31-16-19/h2-6,15-17,21H,1,7-14H2,(H,33,39)(H2,29,30,31). The molecular weight excluding hydrogens is 524 g/mol. The minimum atomic E-state index is -0.298. The lowest BCUT2D eigenvalue weighted by Crippen LogP contribution is -2.39. The molecule has 0 atom stereocenters. The quantitative estimate of drug-likeness (QED) is 0.339. The van der Waals surface area contributed by atoms with Crippen molar-refractivity contribution in [2.45, 2.75) is 18.9 Å². The molecule has 4 aromatic rings. The van der Waals surface area contributed by atoms with Crippen LogP contribution < -0.4 is 16.0 Å². The van der Waals surface area contributed by atoms with Crippen molar-refractivity contribution < 1.29 is 14.3 Å². The van der Waals surface area contributed by atoms with E-state index in [1.165, 1.54) is 6.08 Å². The molecule has 210 valence electrons. The summed E-state index contributed by atoms with van der Waals surface area (Å²) in [6.45, 7) is 7.30. The average Bonchev–Trinajstić information content (AvgIpc) is 3.45. The molecule has 0 unspecified atom stereocenters. The van der Waals surface area contributed by atoms with Crippen LogP contribution in [0.4, 0.5) is 17.5 Å². The molecule has 2 saturated heterocycles. The number of nitrogens with two attached hydrogens (primary N) is 1. The smallest absolute Gasteiger partial charge is 0.253 e. The van der Waals surface area contributed by atoms with E-state index in [4.69, 9.17) is 25.5 Å². The summed E-state index contributed by atoms with van der Waals surface area (Å²) < 4.78 is 7.52. The van der Waals surface area contributed by atoms with Gasteiger partial charge in [-0.1, -0.05) is 6.58 Å². The van der Waals surface area contributed by atoms with Crippen molar-refractivity contribution in [3.05, 3.63) is 61.1 Å². The predicted molar refractivity (Wildman–Crippen MR) is 153 cm³/mol. The average molecular weight is 555 g/mol. The topological polar surface area (TPSA) is 157 Å². The van der Waals surface area contributed by atoms with E-state index < -0.39 is 0 Å². The van der Waals surface area contributed by atoms with Gasteiger partial charge in [-0.05, 0) is 43.2 Å². The Balaban J connectivity index is 1.23. The minimum Gasteiger partial charge on any atom is -0.378 e. The van der Waals surface area contributed by atoms with Crippen LogP contribution in [0, 0.1) is 0 Å². The number of benzene rings is 1. The fourth-order valence-electron chi connectivity index (χ4n) is 5.16. The first-order chi connectivity index (χ1) is 20.0. The highest BCUT2D eigenvalue weighted by Gasteiger charge is 2.28. The van der Waals surface area contributed by atoms with Gasteiger partial charge < -0.3 is 25.6 Å². The van der Waals surface area contributed by atoms with Gasteiger partial charge in [0.2, 0.25) is 11.9 Å². The number of fused-ring (bicyclic) bond motifs is 1. The summed E-state index contributed by atoms with van der Waals surface area (Å²) in [4.78, 5) is 46.8. The number of aromatic nitrogens is 6. The van der Waals surface area contributed by atoms with Gasteiger partial charge in [0.1, 0.15) is 5.82 Å². The van der Waals surface area contributed by atoms with E-state index in [1.807, 2.05) is 15.8 Å². The molecule has 5 heterocycles. The number of morpholine rings is 1. The number of amides is 2. The highest BCUT2D eigenvalue weighted by molar-refractivity contribution is 5.99. The van der Waals surface area contributed by atoms with Gasteiger partial charge in [-0.3, -0.25) is 9.59 Å². The van der Waals surface area contributed by atoms with Crippen molar-refractivity contribution in [3.8, 4) is 11.4 Å². The molecule has 2 amide bonds. The van der Waals surface area contributed by atoms with Gasteiger partial charge in [0.25, 0.3) is 5.91 Å². The molecule has 2 aliphatic rings. The number of rotatable bonds is 6.